The van der Waals surface area contributed by atoms with Crippen LogP contribution in [0, 0.1) is 13.8 Å². The molecule has 0 aromatic heterocycles. The Labute approximate surface area is 107 Å². The Morgan fingerprint density at radius 2 is 1.83 bits per heavy atom. The number of methoxy groups -OCH3 is 2. The summed E-state index contributed by atoms with van der Waals surface area (Å²) in [6.07, 6.45) is 0.209. The average Bonchev–Trinajstić information content (AvgIpc) is 2.31. The Balaban J connectivity index is 3.29. The van der Waals surface area contributed by atoms with E-state index in [0.717, 1.165) is 16.7 Å². The van der Waals surface area contributed by atoms with Gasteiger partial charge >= 0.3 is 5.97 Å². The van der Waals surface area contributed by atoms with Crippen molar-refractivity contribution in [2.75, 3.05) is 14.2 Å². The number of aryl methyl sites for hydroxylation is 2. The van der Waals surface area contributed by atoms with Crippen LogP contribution in [0.4, 0.5) is 0 Å². The van der Waals surface area contributed by atoms with Gasteiger partial charge < -0.3 is 20.3 Å². The molecule has 1 unspecified atom stereocenters. The highest BCUT2D eigenvalue weighted by Crippen LogP contribution is 2.37. The molecule has 1 aromatic carbocycles. The average molecular weight is 253 g/mol. The first-order valence-corrected chi connectivity index (χ1v) is 5.61. The van der Waals surface area contributed by atoms with Crippen LogP contribution in [0.25, 0.3) is 0 Å². The molecule has 0 heterocycles. The van der Waals surface area contributed by atoms with Crippen LogP contribution in [-0.4, -0.2) is 31.3 Å². The van der Waals surface area contributed by atoms with E-state index in [1.165, 1.54) is 7.11 Å². The van der Waals surface area contributed by atoms with Crippen molar-refractivity contribution in [3.8, 4) is 11.5 Å². The quantitative estimate of drug-likeness (QED) is 0.826. The third-order valence-corrected chi connectivity index (χ3v) is 2.90. The standard InChI is InChI=1S/C13H19NO4/c1-7-5-8(2)11(17-3)12(18-4)9(7)6-10(14)13(15)16/h5,10H,6,14H2,1-4H3,(H,15,16). The molecule has 1 aromatic rings. The van der Waals surface area contributed by atoms with Crippen molar-refractivity contribution in [3.63, 3.8) is 0 Å². The summed E-state index contributed by atoms with van der Waals surface area (Å²) in [5.41, 5.74) is 8.24. The van der Waals surface area contributed by atoms with E-state index in [1.54, 1.807) is 7.11 Å². The molecule has 0 bridgehead atoms. The summed E-state index contributed by atoms with van der Waals surface area (Å²) in [5, 5.41) is 8.88. The van der Waals surface area contributed by atoms with Crippen molar-refractivity contribution >= 4 is 5.97 Å². The third-order valence-electron chi connectivity index (χ3n) is 2.90. The van der Waals surface area contributed by atoms with Gasteiger partial charge in [0.2, 0.25) is 0 Å². The van der Waals surface area contributed by atoms with Gasteiger partial charge in [-0.15, -0.1) is 0 Å². The van der Waals surface area contributed by atoms with Gasteiger partial charge in [-0.1, -0.05) is 6.07 Å². The zero-order chi connectivity index (χ0) is 13.9. The van der Waals surface area contributed by atoms with Crippen molar-refractivity contribution < 1.29 is 19.4 Å². The van der Waals surface area contributed by atoms with E-state index in [0.29, 0.717) is 11.5 Å². The monoisotopic (exact) mass is 253 g/mol. The number of benzene rings is 1. The molecule has 0 amide bonds. The second-order valence-corrected chi connectivity index (χ2v) is 4.20. The molecule has 1 atom stereocenters. The van der Waals surface area contributed by atoms with Crippen LogP contribution in [0.1, 0.15) is 16.7 Å². The number of ether oxygens (including phenoxy) is 2. The predicted molar refractivity (Wildman–Crippen MR) is 68.3 cm³/mol. The summed E-state index contributed by atoms with van der Waals surface area (Å²) >= 11 is 0. The number of hydrogen-bond acceptors (Lipinski definition) is 4. The fourth-order valence-electron chi connectivity index (χ4n) is 2.00. The number of carbonyl (C=O) groups is 1. The third kappa shape index (κ3) is 2.73. The zero-order valence-electron chi connectivity index (χ0n) is 11.1. The van der Waals surface area contributed by atoms with Crippen molar-refractivity contribution in [1.29, 1.82) is 0 Å². The van der Waals surface area contributed by atoms with Crippen LogP contribution < -0.4 is 15.2 Å². The van der Waals surface area contributed by atoms with Gasteiger partial charge in [0.1, 0.15) is 6.04 Å². The molecule has 0 spiro atoms. The fourth-order valence-corrected chi connectivity index (χ4v) is 2.00. The van der Waals surface area contributed by atoms with Crippen molar-refractivity contribution in [3.05, 3.63) is 22.8 Å². The SMILES string of the molecule is COc1c(C)cc(C)c(CC(N)C(=O)O)c1OC. The Kier molecular flexibility index (Phi) is 4.55. The van der Waals surface area contributed by atoms with Crippen molar-refractivity contribution in [2.24, 2.45) is 5.73 Å². The molecule has 0 saturated heterocycles. The first-order chi connectivity index (χ1) is 8.42. The largest absolute Gasteiger partial charge is 0.493 e. The van der Waals surface area contributed by atoms with Gasteiger partial charge in [0.25, 0.3) is 0 Å². The number of carboxylic acids is 1. The van der Waals surface area contributed by atoms with Crippen LogP contribution in [0.3, 0.4) is 0 Å². The summed E-state index contributed by atoms with van der Waals surface area (Å²) in [4.78, 5) is 10.8. The van der Waals surface area contributed by atoms with Gasteiger partial charge in [-0.2, -0.15) is 0 Å². The smallest absolute Gasteiger partial charge is 0.320 e. The van der Waals surface area contributed by atoms with E-state index < -0.39 is 12.0 Å². The summed E-state index contributed by atoms with van der Waals surface area (Å²) in [6.45, 7) is 3.81. The minimum Gasteiger partial charge on any atom is -0.493 e. The molecule has 100 valence electrons. The van der Waals surface area contributed by atoms with Gasteiger partial charge in [0.15, 0.2) is 11.5 Å². The minimum atomic E-state index is -1.03. The van der Waals surface area contributed by atoms with E-state index in [9.17, 15) is 4.79 Å². The Morgan fingerprint density at radius 3 is 2.28 bits per heavy atom. The van der Waals surface area contributed by atoms with E-state index in [-0.39, 0.29) is 6.42 Å². The highest BCUT2D eigenvalue weighted by Gasteiger charge is 2.20. The molecule has 0 aliphatic heterocycles. The minimum absolute atomic E-state index is 0.209. The summed E-state index contributed by atoms with van der Waals surface area (Å²) < 4.78 is 10.6. The van der Waals surface area contributed by atoms with Crippen LogP contribution >= 0.6 is 0 Å². The van der Waals surface area contributed by atoms with Crippen LogP contribution in [0.2, 0.25) is 0 Å². The molecular weight excluding hydrogens is 234 g/mol. The van der Waals surface area contributed by atoms with Crippen LogP contribution in [0.15, 0.2) is 6.07 Å². The molecule has 18 heavy (non-hydrogen) atoms. The summed E-state index contributed by atoms with van der Waals surface area (Å²) in [7, 11) is 3.09. The molecule has 1 rings (SSSR count). The Hall–Kier alpha value is -1.75. The lowest BCUT2D eigenvalue weighted by molar-refractivity contribution is -0.138. The molecule has 0 radical (unpaired) electrons. The second kappa shape index (κ2) is 5.73. The normalized spacial score (nSPS) is 12.1. The van der Waals surface area contributed by atoms with Crippen LogP contribution in [-0.2, 0) is 11.2 Å². The van der Waals surface area contributed by atoms with Crippen molar-refractivity contribution in [1.82, 2.24) is 0 Å². The maximum absolute atomic E-state index is 10.8. The van der Waals surface area contributed by atoms with Gasteiger partial charge in [-0.05, 0) is 25.0 Å². The maximum Gasteiger partial charge on any atom is 0.320 e. The molecule has 3 N–H and O–H groups in total. The predicted octanol–water partition coefficient (Wildman–Crippen LogP) is 1.28. The van der Waals surface area contributed by atoms with E-state index in [4.69, 9.17) is 20.3 Å². The molecule has 5 heteroatoms. The summed E-state index contributed by atoms with van der Waals surface area (Å²) in [5.74, 6) is 0.151. The van der Waals surface area contributed by atoms with E-state index in [2.05, 4.69) is 0 Å². The zero-order valence-corrected chi connectivity index (χ0v) is 11.1. The van der Waals surface area contributed by atoms with E-state index >= 15 is 0 Å². The number of nitrogens with two attached hydrogens (primary N) is 1. The molecule has 0 saturated carbocycles. The molecule has 0 fully saturated rings. The number of carboxylic acid groups (broad SMARTS) is 1. The fraction of sp³-hybridized carbons (Fsp3) is 0.462. The number of aliphatic carboxylic acids is 1. The van der Waals surface area contributed by atoms with Crippen LogP contribution in [0.5, 0.6) is 11.5 Å². The van der Waals surface area contributed by atoms with E-state index in [1.807, 2.05) is 19.9 Å². The maximum atomic E-state index is 10.8. The van der Waals surface area contributed by atoms with Gasteiger partial charge in [-0.25, -0.2) is 0 Å². The Morgan fingerprint density at radius 1 is 1.28 bits per heavy atom. The molecule has 0 aliphatic rings. The number of rotatable bonds is 5. The van der Waals surface area contributed by atoms with Gasteiger partial charge in [-0.3, -0.25) is 4.79 Å². The van der Waals surface area contributed by atoms with Gasteiger partial charge in [0.05, 0.1) is 14.2 Å². The molecule has 0 aliphatic carbocycles. The van der Waals surface area contributed by atoms with Crippen molar-refractivity contribution in [2.45, 2.75) is 26.3 Å². The summed E-state index contributed by atoms with van der Waals surface area (Å²) in [6, 6.07) is 0.982. The first kappa shape index (κ1) is 14.3. The highest BCUT2D eigenvalue weighted by atomic mass is 16.5. The topological polar surface area (TPSA) is 81.8 Å². The molecular formula is C13H19NO4. The number of hydrogen-bond donors (Lipinski definition) is 2. The second-order valence-electron chi connectivity index (χ2n) is 4.20. The lowest BCUT2D eigenvalue weighted by atomic mass is 9.97. The lowest BCUT2D eigenvalue weighted by Gasteiger charge is -2.18. The Bertz CT molecular complexity index is 457. The van der Waals surface area contributed by atoms with Gasteiger partial charge in [0, 0.05) is 12.0 Å². The highest BCUT2D eigenvalue weighted by molar-refractivity contribution is 5.74. The first-order valence-electron chi connectivity index (χ1n) is 5.61. The lowest BCUT2D eigenvalue weighted by Crippen LogP contribution is -2.32. The molecule has 5 nitrogen and oxygen atoms in total.